The molecule has 6 rings (SSSR count). The van der Waals surface area contributed by atoms with Crippen molar-refractivity contribution in [2.75, 3.05) is 45.2 Å². The number of Topliss-reactive ketones (excluding diaryl/α,β-unsaturated/α-hetero) is 1. The molecule has 1 saturated heterocycles. The molecule has 2 aliphatic heterocycles. The van der Waals surface area contributed by atoms with Crippen LogP contribution >= 0.6 is 0 Å². The van der Waals surface area contributed by atoms with E-state index in [-0.39, 0.29) is 83.0 Å². The quantitative estimate of drug-likeness (QED) is 0.428. The first-order chi connectivity index (χ1) is 22.9. The molecule has 2 aliphatic carbocycles. The average Bonchev–Trinajstić information content (AvgIpc) is 3.60. The first-order valence-electron chi connectivity index (χ1n) is 17.0. The van der Waals surface area contributed by atoms with Crippen LogP contribution < -0.4 is 67.5 Å². The third-order valence-corrected chi connectivity index (χ3v) is 8.90. The molecule has 0 saturated carbocycles. The number of rotatable bonds is 7. The van der Waals surface area contributed by atoms with Crippen molar-refractivity contribution >= 4 is 23.3 Å². The molecule has 0 aromatic heterocycles. The van der Waals surface area contributed by atoms with Crippen molar-refractivity contribution in [3.8, 4) is 0 Å². The van der Waals surface area contributed by atoms with Gasteiger partial charge in [0.15, 0.2) is 5.78 Å². The number of ketones is 1. The van der Waals surface area contributed by atoms with E-state index in [1.54, 1.807) is 0 Å². The maximum Gasteiger partial charge on any atom is 1.00 e. The standard InChI is InChI=1S/C19H21NO2.C11H14N2O.C7H14FN.CH3O.CH4.K/c21-18(16-7-2-1-3-8-16)10-11-19(22)20-13-12-15-6-4-5-9-17(15)14-20;12-7-11(14)13-10-5-4-8-2-1-3-9(8)6-10;1-2-9-5-3-7(8)4-6-9;1-2;;/h2,4-9H,1,3,10-14H2;4-6H,1-3,7,12H2,(H,13,14);7H,2-6H2,1H3;1H3;1H4;/q;;;-1;;+1. The van der Waals surface area contributed by atoms with E-state index in [1.165, 1.54) is 35.1 Å². The Balaban J connectivity index is 0.000000383. The van der Waals surface area contributed by atoms with Crippen molar-refractivity contribution in [1.29, 1.82) is 0 Å². The number of allylic oxidation sites excluding steroid dienone is 4. The third kappa shape index (κ3) is 15.4. The maximum atomic E-state index is 12.5. The van der Waals surface area contributed by atoms with Crippen molar-refractivity contribution in [3.63, 3.8) is 0 Å². The van der Waals surface area contributed by atoms with E-state index >= 15 is 0 Å². The number of hydrogen-bond donors (Lipinski definition) is 2. The fraction of sp³-hybridized carbons (Fsp3) is 0.513. The van der Waals surface area contributed by atoms with E-state index in [2.05, 4.69) is 41.4 Å². The van der Waals surface area contributed by atoms with Crippen molar-refractivity contribution in [2.45, 2.75) is 91.3 Å². The molecule has 264 valence electrons. The molecule has 4 aliphatic rings. The monoisotopic (exact) mass is 702 g/mol. The molecule has 1 fully saturated rings. The van der Waals surface area contributed by atoms with Gasteiger partial charge in [0, 0.05) is 50.3 Å². The largest absolute Gasteiger partial charge is 1.00 e. The number of carbonyl (C=O) groups is 3. The van der Waals surface area contributed by atoms with E-state index in [0.717, 1.165) is 83.1 Å². The number of likely N-dealkylation sites (tertiary alicyclic amines) is 1. The van der Waals surface area contributed by atoms with Crippen molar-refractivity contribution < 1.29 is 75.3 Å². The van der Waals surface area contributed by atoms with E-state index in [0.29, 0.717) is 19.4 Å². The fourth-order valence-electron chi connectivity index (χ4n) is 6.13. The Morgan fingerprint density at radius 1 is 0.918 bits per heavy atom. The van der Waals surface area contributed by atoms with Crippen molar-refractivity contribution in [1.82, 2.24) is 9.80 Å². The van der Waals surface area contributed by atoms with Gasteiger partial charge in [0.1, 0.15) is 6.17 Å². The molecule has 0 spiro atoms. The van der Waals surface area contributed by atoms with Crippen LogP contribution in [-0.2, 0) is 40.2 Å². The number of nitrogens with one attached hydrogen (secondary N) is 1. The number of fused-ring (bicyclic) bond motifs is 2. The van der Waals surface area contributed by atoms with Gasteiger partial charge in [-0.2, -0.15) is 7.11 Å². The van der Waals surface area contributed by atoms with Gasteiger partial charge >= 0.3 is 51.4 Å². The zero-order valence-electron chi connectivity index (χ0n) is 29.1. The zero-order chi connectivity index (χ0) is 34.0. The minimum Gasteiger partial charge on any atom is -0.857 e. The molecule has 2 amide bonds. The first kappa shape index (κ1) is 45.0. The predicted octanol–water partition coefficient (Wildman–Crippen LogP) is 2.33. The Morgan fingerprint density at radius 2 is 1.59 bits per heavy atom. The van der Waals surface area contributed by atoms with Crippen molar-refractivity contribution in [3.05, 3.63) is 88.5 Å². The smallest absolute Gasteiger partial charge is 0.857 e. The summed E-state index contributed by atoms with van der Waals surface area (Å²) in [5.74, 6) is 0.0351. The second kappa shape index (κ2) is 25.0. The van der Waals surface area contributed by atoms with Gasteiger partial charge in [-0.05, 0) is 92.3 Å². The molecule has 3 N–H and O–H groups in total. The summed E-state index contributed by atoms with van der Waals surface area (Å²) in [7, 11) is 0.750. The number of amides is 2. The Labute approximate surface area is 336 Å². The zero-order valence-corrected chi connectivity index (χ0v) is 32.3. The predicted molar refractivity (Wildman–Crippen MR) is 191 cm³/mol. The van der Waals surface area contributed by atoms with Gasteiger partial charge in [-0.3, -0.25) is 14.4 Å². The summed E-state index contributed by atoms with van der Waals surface area (Å²) < 4.78 is 12.5. The summed E-state index contributed by atoms with van der Waals surface area (Å²) >= 11 is 0. The number of benzene rings is 2. The van der Waals surface area contributed by atoms with Crippen LogP contribution in [0, 0.1) is 0 Å². The first-order valence-corrected chi connectivity index (χ1v) is 17.0. The molecule has 2 aromatic carbocycles. The SMILES string of the molecule is C.CCN1CCC(F)CC1.C[O-].NCC(=O)Nc1ccc2c(c1)CCC2.O=C(CCC(=O)N1CCc2ccccc2C1)C1=CCCC=C1.[K+]. The topological polar surface area (TPSA) is 119 Å². The van der Waals surface area contributed by atoms with Crippen LogP contribution in [-0.4, -0.2) is 73.4 Å². The molecule has 0 radical (unpaired) electrons. The van der Waals surface area contributed by atoms with Crippen LogP contribution in [0.15, 0.2) is 66.3 Å². The van der Waals surface area contributed by atoms with E-state index < -0.39 is 6.17 Å². The Bertz CT molecular complexity index is 1370. The van der Waals surface area contributed by atoms with E-state index in [4.69, 9.17) is 10.8 Å². The van der Waals surface area contributed by atoms with Crippen LogP contribution in [0.2, 0.25) is 0 Å². The summed E-state index contributed by atoms with van der Waals surface area (Å²) in [6.07, 6.45) is 13.8. The van der Waals surface area contributed by atoms with Crippen LogP contribution in [0.4, 0.5) is 10.1 Å². The average molecular weight is 703 g/mol. The van der Waals surface area contributed by atoms with Gasteiger partial charge in [-0.15, -0.1) is 0 Å². The fourth-order valence-corrected chi connectivity index (χ4v) is 6.13. The number of anilines is 1. The Kier molecular flexibility index (Phi) is 23.0. The second-order valence-corrected chi connectivity index (χ2v) is 12.1. The summed E-state index contributed by atoms with van der Waals surface area (Å²) in [5, 5.41) is 11.0. The molecule has 0 atom stereocenters. The van der Waals surface area contributed by atoms with Gasteiger partial charge in [0.2, 0.25) is 11.8 Å². The third-order valence-electron chi connectivity index (χ3n) is 8.90. The molecule has 2 heterocycles. The van der Waals surface area contributed by atoms with Gasteiger partial charge in [0.25, 0.3) is 0 Å². The second-order valence-electron chi connectivity index (χ2n) is 12.1. The van der Waals surface area contributed by atoms with Crippen LogP contribution in [0.5, 0.6) is 0 Å². The van der Waals surface area contributed by atoms with Crippen molar-refractivity contribution in [2.24, 2.45) is 5.73 Å². The molecule has 2 aromatic rings. The summed E-state index contributed by atoms with van der Waals surface area (Å²) in [5.41, 5.74) is 12.2. The number of nitrogens with two attached hydrogens (primary N) is 1. The summed E-state index contributed by atoms with van der Waals surface area (Å²) in [6, 6.07) is 14.3. The van der Waals surface area contributed by atoms with Gasteiger partial charge < -0.3 is 26.0 Å². The number of nitrogens with zero attached hydrogens (tertiary/aromatic N) is 2. The molecule has 10 heteroatoms. The van der Waals surface area contributed by atoms with Crippen LogP contribution in [0.1, 0.15) is 81.5 Å². The molecule has 0 bridgehead atoms. The number of carbonyl (C=O) groups excluding carboxylic acids is 3. The normalized spacial score (nSPS) is 16.2. The molecule has 0 unspecified atom stereocenters. The van der Waals surface area contributed by atoms with E-state index in [9.17, 15) is 18.8 Å². The Hall–Kier alpha value is -2.02. The molecule has 8 nitrogen and oxygen atoms in total. The van der Waals surface area contributed by atoms with Gasteiger partial charge in [-0.25, -0.2) is 4.39 Å². The minimum atomic E-state index is -0.521. The number of halogens is 1. The number of piperidine rings is 1. The van der Waals surface area contributed by atoms with Crippen LogP contribution in [0.3, 0.4) is 0 Å². The van der Waals surface area contributed by atoms with Gasteiger partial charge in [0.05, 0.1) is 6.54 Å². The number of alkyl halides is 1. The molecular weight excluding hydrogens is 647 g/mol. The van der Waals surface area contributed by atoms with E-state index in [1.807, 2.05) is 41.3 Å². The van der Waals surface area contributed by atoms with Gasteiger partial charge in [-0.1, -0.05) is 62.9 Å². The summed E-state index contributed by atoms with van der Waals surface area (Å²) in [6.45, 7) is 6.58. The number of aryl methyl sites for hydroxylation is 2. The maximum absolute atomic E-state index is 12.5. The van der Waals surface area contributed by atoms with Crippen LogP contribution in [0.25, 0.3) is 0 Å². The minimum absolute atomic E-state index is 0. The molecule has 49 heavy (non-hydrogen) atoms. The summed E-state index contributed by atoms with van der Waals surface area (Å²) in [4.78, 5) is 39.6. The number of hydrogen-bond acceptors (Lipinski definition) is 6. The Morgan fingerprint density at radius 3 is 2.24 bits per heavy atom. The molecular formula is C39H56FKN4O4.